The number of aromatic amines is 2. The van der Waals surface area contributed by atoms with Gasteiger partial charge in [0.1, 0.15) is 36.4 Å². The maximum Gasteiger partial charge on any atom is 0.137 e. The van der Waals surface area contributed by atoms with Crippen molar-refractivity contribution in [2.24, 2.45) is 0 Å². The summed E-state index contributed by atoms with van der Waals surface area (Å²) in [4.78, 5) is 15.9. The van der Waals surface area contributed by atoms with Gasteiger partial charge in [0.25, 0.3) is 0 Å². The van der Waals surface area contributed by atoms with Crippen LogP contribution < -0.4 is 9.47 Å². The van der Waals surface area contributed by atoms with Crippen molar-refractivity contribution >= 4 is 10.8 Å². The molecule has 0 atom stereocenters. The van der Waals surface area contributed by atoms with Crippen molar-refractivity contribution in [1.29, 1.82) is 0 Å². The highest BCUT2D eigenvalue weighted by Crippen LogP contribution is 2.43. The van der Waals surface area contributed by atoms with E-state index in [0.29, 0.717) is 13.2 Å². The fourth-order valence-corrected chi connectivity index (χ4v) is 4.87. The van der Waals surface area contributed by atoms with Crippen molar-refractivity contribution in [3.8, 4) is 45.1 Å². The van der Waals surface area contributed by atoms with Crippen molar-refractivity contribution in [1.82, 2.24) is 19.9 Å². The van der Waals surface area contributed by atoms with Crippen LogP contribution in [-0.2, 0) is 13.2 Å². The summed E-state index contributed by atoms with van der Waals surface area (Å²) >= 11 is 0. The number of hydrogen-bond acceptors (Lipinski definition) is 4. The zero-order valence-electron chi connectivity index (χ0n) is 17.7. The van der Waals surface area contributed by atoms with Crippen LogP contribution in [-0.4, -0.2) is 19.9 Å². The van der Waals surface area contributed by atoms with E-state index in [1.54, 1.807) is 0 Å². The fraction of sp³-hybridized carbons (Fsp3) is 0.154. The average Bonchev–Trinajstić information content (AvgIpc) is 3.39. The minimum atomic E-state index is 0.515. The molecule has 156 valence electrons. The molecule has 2 aliphatic heterocycles. The predicted octanol–water partition coefficient (Wildman–Crippen LogP) is 5.69. The maximum atomic E-state index is 6.13. The predicted molar refractivity (Wildman–Crippen MR) is 123 cm³/mol. The first-order valence-electron chi connectivity index (χ1n) is 10.7. The van der Waals surface area contributed by atoms with E-state index in [0.717, 1.165) is 78.9 Å². The van der Waals surface area contributed by atoms with E-state index in [9.17, 15) is 0 Å². The molecule has 5 aromatic rings. The zero-order chi connectivity index (χ0) is 21.4. The Hall–Kier alpha value is -4.06. The first-order valence-corrected chi connectivity index (χ1v) is 10.7. The van der Waals surface area contributed by atoms with E-state index in [1.165, 1.54) is 0 Å². The Morgan fingerprint density at radius 3 is 2.19 bits per heavy atom. The standard InChI is InChI=1S/C26H20N4O2/c1-13-27-21-11-31-23-10-16(4-7-19(23)24(21)29-13)15-3-6-18-17(9-15)5-8-20-25-22(12-32-26(18)20)28-14(2)30-25/h3-10H,11-12H2,1-2H3,(H,27,29)(H,28,30). The number of H-pyrrole nitrogens is 2. The Morgan fingerprint density at radius 1 is 0.719 bits per heavy atom. The Morgan fingerprint density at radius 2 is 1.38 bits per heavy atom. The van der Waals surface area contributed by atoms with Crippen LogP contribution in [0.15, 0.2) is 48.5 Å². The van der Waals surface area contributed by atoms with Crippen molar-refractivity contribution in [2.45, 2.75) is 27.1 Å². The monoisotopic (exact) mass is 420 g/mol. The maximum absolute atomic E-state index is 6.13. The molecule has 0 saturated carbocycles. The summed E-state index contributed by atoms with van der Waals surface area (Å²) in [5.74, 6) is 3.60. The lowest BCUT2D eigenvalue weighted by molar-refractivity contribution is 0.298. The molecule has 2 aromatic heterocycles. The number of fused-ring (bicyclic) bond motifs is 8. The molecule has 0 spiro atoms. The lowest BCUT2D eigenvalue weighted by atomic mass is 9.95. The van der Waals surface area contributed by atoms with E-state index in [-0.39, 0.29) is 0 Å². The summed E-state index contributed by atoms with van der Waals surface area (Å²) in [6.45, 7) is 4.98. The van der Waals surface area contributed by atoms with Gasteiger partial charge in [-0.25, -0.2) is 9.97 Å². The van der Waals surface area contributed by atoms with Crippen molar-refractivity contribution in [3.63, 3.8) is 0 Å². The number of rotatable bonds is 1. The Bertz CT molecular complexity index is 1560. The molecule has 0 fully saturated rings. The van der Waals surface area contributed by atoms with Gasteiger partial charge < -0.3 is 19.4 Å². The van der Waals surface area contributed by atoms with Gasteiger partial charge in [-0.1, -0.05) is 24.3 Å². The third-order valence-corrected chi connectivity index (χ3v) is 6.32. The summed E-state index contributed by atoms with van der Waals surface area (Å²) in [7, 11) is 0. The molecule has 6 nitrogen and oxygen atoms in total. The number of imidazole rings is 2. The van der Waals surface area contributed by atoms with E-state index < -0.39 is 0 Å². The Labute approximate surface area is 184 Å². The second-order valence-electron chi connectivity index (χ2n) is 8.47. The first-order chi connectivity index (χ1) is 15.6. The van der Waals surface area contributed by atoms with Gasteiger partial charge in [0, 0.05) is 16.5 Å². The number of benzene rings is 3. The minimum absolute atomic E-state index is 0.515. The molecule has 0 radical (unpaired) electrons. The molecule has 0 bridgehead atoms. The van der Waals surface area contributed by atoms with Crippen LogP contribution in [0.1, 0.15) is 23.0 Å². The van der Waals surface area contributed by atoms with Crippen molar-refractivity contribution < 1.29 is 9.47 Å². The molecule has 0 unspecified atom stereocenters. The topological polar surface area (TPSA) is 75.8 Å². The molecule has 7 rings (SSSR count). The van der Waals surface area contributed by atoms with Gasteiger partial charge in [0.05, 0.1) is 22.8 Å². The number of nitrogens with one attached hydrogen (secondary N) is 2. The van der Waals surface area contributed by atoms with Gasteiger partial charge in [-0.3, -0.25) is 0 Å². The third kappa shape index (κ3) is 2.46. The van der Waals surface area contributed by atoms with Gasteiger partial charge in [-0.2, -0.15) is 0 Å². The number of ether oxygens (including phenoxy) is 2. The van der Waals surface area contributed by atoms with Crippen molar-refractivity contribution in [2.75, 3.05) is 0 Å². The van der Waals surface area contributed by atoms with Crippen LogP contribution in [0, 0.1) is 13.8 Å². The highest BCUT2D eigenvalue weighted by Gasteiger charge is 2.24. The number of aryl methyl sites for hydroxylation is 2. The number of nitrogens with zero attached hydrogens (tertiary/aromatic N) is 2. The number of hydrogen-bond donors (Lipinski definition) is 2. The lowest BCUT2D eigenvalue weighted by Crippen LogP contribution is -2.05. The van der Waals surface area contributed by atoms with Gasteiger partial charge in [0.2, 0.25) is 0 Å². The molecule has 0 aliphatic carbocycles. The van der Waals surface area contributed by atoms with Crippen LogP contribution in [0.25, 0.3) is 44.4 Å². The Kier molecular flexibility index (Phi) is 3.43. The normalized spacial score (nSPS) is 13.6. The molecule has 0 saturated heterocycles. The largest absolute Gasteiger partial charge is 0.487 e. The Balaban J connectivity index is 1.32. The van der Waals surface area contributed by atoms with Gasteiger partial charge in [-0.15, -0.1) is 0 Å². The molecule has 6 heteroatoms. The molecule has 0 amide bonds. The summed E-state index contributed by atoms with van der Waals surface area (Å²) in [5, 5.41) is 2.24. The second kappa shape index (κ2) is 6.23. The SMILES string of the molecule is Cc1nc2c([nH]1)COc1cc(-c3ccc4c5c(ccc4c3)-c3nc(C)[nH]c3CO5)ccc1-2. The molecule has 2 aliphatic rings. The molecule has 3 aromatic carbocycles. The van der Waals surface area contributed by atoms with Crippen LogP contribution >= 0.6 is 0 Å². The van der Waals surface area contributed by atoms with E-state index in [4.69, 9.17) is 9.47 Å². The molecule has 2 N–H and O–H groups in total. The van der Waals surface area contributed by atoms with Gasteiger partial charge >= 0.3 is 0 Å². The third-order valence-electron chi connectivity index (χ3n) is 6.32. The van der Waals surface area contributed by atoms with Crippen LogP contribution in [0.3, 0.4) is 0 Å². The van der Waals surface area contributed by atoms with Crippen LogP contribution in [0.4, 0.5) is 0 Å². The zero-order valence-corrected chi connectivity index (χ0v) is 17.7. The van der Waals surface area contributed by atoms with E-state index >= 15 is 0 Å². The molecular formula is C26H20N4O2. The summed E-state index contributed by atoms with van der Waals surface area (Å²) in [6.07, 6.45) is 0. The number of aromatic nitrogens is 4. The molecule has 32 heavy (non-hydrogen) atoms. The quantitative estimate of drug-likeness (QED) is 0.365. The molecular weight excluding hydrogens is 400 g/mol. The van der Waals surface area contributed by atoms with Crippen LogP contribution in [0.5, 0.6) is 11.5 Å². The smallest absolute Gasteiger partial charge is 0.137 e. The minimum Gasteiger partial charge on any atom is -0.487 e. The lowest BCUT2D eigenvalue weighted by Gasteiger charge is -2.19. The highest BCUT2D eigenvalue weighted by molar-refractivity contribution is 5.97. The van der Waals surface area contributed by atoms with Crippen LogP contribution in [0.2, 0.25) is 0 Å². The summed E-state index contributed by atoms with van der Waals surface area (Å²) in [6, 6.07) is 17.1. The second-order valence-corrected chi connectivity index (χ2v) is 8.47. The van der Waals surface area contributed by atoms with E-state index in [2.05, 4.69) is 68.5 Å². The van der Waals surface area contributed by atoms with Gasteiger partial charge in [-0.05, 0) is 54.6 Å². The van der Waals surface area contributed by atoms with E-state index in [1.807, 2.05) is 13.8 Å². The first kappa shape index (κ1) is 17.6. The van der Waals surface area contributed by atoms with Gasteiger partial charge in [0.15, 0.2) is 0 Å². The highest BCUT2D eigenvalue weighted by atomic mass is 16.5. The van der Waals surface area contributed by atoms with Crippen molar-refractivity contribution in [3.05, 3.63) is 71.6 Å². The summed E-state index contributed by atoms with van der Waals surface area (Å²) < 4.78 is 12.2. The summed E-state index contributed by atoms with van der Waals surface area (Å²) in [5.41, 5.74) is 8.39. The fourth-order valence-electron chi connectivity index (χ4n) is 4.87. The average molecular weight is 420 g/mol. The molecule has 4 heterocycles.